The average molecular weight is 264 g/mol. The van der Waals surface area contributed by atoms with E-state index in [-0.39, 0.29) is 6.61 Å². The van der Waals surface area contributed by atoms with E-state index in [1.54, 1.807) is 6.07 Å². The Balaban J connectivity index is 2.93. The van der Waals surface area contributed by atoms with Crippen molar-refractivity contribution >= 4 is 0 Å². The number of halogens is 1. The minimum atomic E-state index is -0.392. The molecule has 0 aliphatic carbocycles. The fraction of sp³-hybridized carbons (Fsp3) is 0.533. The molecular formula is C15H21FN2O. The Morgan fingerprint density at radius 1 is 1.37 bits per heavy atom. The third kappa shape index (κ3) is 4.30. The standard InChI is InChI=1S/C15H21FN2O/c1-3-15(4-2)18(7-8-19)11-12-5-6-14(16)9-13(12)10-17/h5-6,9,15,19H,3-4,7-8,11H2,1-2H3. The third-order valence-corrected chi connectivity index (χ3v) is 3.41. The van der Waals surface area contributed by atoms with Crippen molar-refractivity contribution in [3.05, 3.63) is 35.1 Å². The normalized spacial score (nSPS) is 11.0. The molecule has 4 heteroatoms. The van der Waals surface area contributed by atoms with Gasteiger partial charge < -0.3 is 5.11 Å². The van der Waals surface area contributed by atoms with Crippen LogP contribution < -0.4 is 0 Å². The summed E-state index contributed by atoms with van der Waals surface area (Å²) >= 11 is 0. The molecule has 1 N–H and O–H groups in total. The maximum absolute atomic E-state index is 13.1. The van der Waals surface area contributed by atoms with Crippen LogP contribution in [-0.2, 0) is 6.54 Å². The highest BCUT2D eigenvalue weighted by Crippen LogP contribution is 2.17. The first-order valence-electron chi connectivity index (χ1n) is 6.69. The van der Waals surface area contributed by atoms with Gasteiger partial charge in [0.15, 0.2) is 0 Å². The lowest BCUT2D eigenvalue weighted by atomic mass is 10.0. The highest BCUT2D eigenvalue weighted by molar-refractivity contribution is 5.37. The van der Waals surface area contributed by atoms with Gasteiger partial charge in [0.2, 0.25) is 0 Å². The van der Waals surface area contributed by atoms with Crippen LogP contribution in [0.25, 0.3) is 0 Å². The molecule has 0 radical (unpaired) electrons. The number of nitriles is 1. The van der Waals surface area contributed by atoms with Crippen LogP contribution in [0.1, 0.15) is 37.8 Å². The molecule has 1 aromatic carbocycles. The van der Waals surface area contributed by atoms with Crippen molar-refractivity contribution in [1.29, 1.82) is 5.26 Å². The topological polar surface area (TPSA) is 47.3 Å². The van der Waals surface area contributed by atoms with E-state index in [4.69, 9.17) is 10.4 Å². The van der Waals surface area contributed by atoms with Gasteiger partial charge in [-0.2, -0.15) is 5.26 Å². The van der Waals surface area contributed by atoms with Crippen LogP contribution >= 0.6 is 0 Å². The van der Waals surface area contributed by atoms with Crippen molar-refractivity contribution in [2.24, 2.45) is 0 Å². The van der Waals surface area contributed by atoms with Crippen molar-refractivity contribution in [2.75, 3.05) is 13.2 Å². The fourth-order valence-electron chi connectivity index (χ4n) is 2.33. The first-order valence-corrected chi connectivity index (χ1v) is 6.69. The van der Waals surface area contributed by atoms with Crippen LogP contribution in [0.5, 0.6) is 0 Å². The second-order valence-corrected chi connectivity index (χ2v) is 4.58. The van der Waals surface area contributed by atoms with Gasteiger partial charge in [-0.25, -0.2) is 4.39 Å². The summed E-state index contributed by atoms with van der Waals surface area (Å²) in [6.07, 6.45) is 1.97. The fourth-order valence-corrected chi connectivity index (χ4v) is 2.33. The van der Waals surface area contributed by atoms with E-state index in [1.165, 1.54) is 12.1 Å². The summed E-state index contributed by atoms with van der Waals surface area (Å²) in [7, 11) is 0. The van der Waals surface area contributed by atoms with Crippen molar-refractivity contribution in [3.63, 3.8) is 0 Å². The maximum Gasteiger partial charge on any atom is 0.124 e. The van der Waals surface area contributed by atoms with Gasteiger partial charge in [0.1, 0.15) is 5.82 Å². The minimum absolute atomic E-state index is 0.0829. The van der Waals surface area contributed by atoms with E-state index < -0.39 is 5.82 Å². The molecule has 1 rings (SSSR count). The summed E-state index contributed by atoms with van der Waals surface area (Å²) in [4.78, 5) is 2.15. The second-order valence-electron chi connectivity index (χ2n) is 4.58. The molecule has 0 aromatic heterocycles. The van der Waals surface area contributed by atoms with Crippen LogP contribution in [0.15, 0.2) is 18.2 Å². The van der Waals surface area contributed by atoms with Gasteiger partial charge in [-0.1, -0.05) is 19.9 Å². The molecule has 0 aliphatic heterocycles. The molecule has 0 unspecified atom stereocenters. The molecule has 0 aliphatic rings. The molecule has 0 fully saturated rings. The van der Waals surface area contributed by atoms with Gasteiger partial charge in [0.25, 0.3) is 0 Å². The van der Waals surface area contributed by atoms with E-state index in [0.29, 0.717) is 24.7 Å². The van der Waals surface area contributed by atoms with E-state index in [2.05, 4.69) is 18.7 Å². The monoisotopic (exact) mass is 264 g/mol. The molecule has 0 saturated heterocycles. The quantitative estimate of drug-likeness (QED) is 0.823. The number of hydrogen-bond donors (Lipinski definition) is 1. The Bertz CT molecular complexity index is 438. The minimum Gasteiger partial charge on any atom is -0.395 e. The molecule has 3 nitrogen and oxygen atoms in total. The van der Waals surface area contributed by atoms with Crippen molar-refractivity contribution in [2.45, 2.75) is 39.3 Å². The smallest absolute Gasteiger partial charge is 0.124 e. The second kappa shape index (κ2) is 7.88. The molecule has 0 saturated carbocycles. The maximum atomic E-state index is 13.1. The first kappa shape index (κ1) is 15.6. The lowest BCUT2D eigenvalue weighted by molar-refractivity contribution is 0.136. The molecule has 1 aromatic rings. The number of aliphatic hydroxyl groups is 1. The molecule has 104 valence electrons. The number of nitrogens with zero attached hydrogens (tertiary/aromatic N) is 2. The molecule has 0 bridgehead atoms. The Labute approximate surface area is 114 Å². The molecule has 19 heavy (non-hydrogen) atoms. The van der Waals surface area contributed by atoms with Crippen LogP contribution in [0, 0.1) is 17.1 Å². The zero-order chi connectivity index (χ0) is 14.3. The predicted octanol–water partition coefficient (Wildman–Crippen LogP) is 2.68. The number of hydrogen-bond acceptors (Lipinski definition) is 3. The number of rotatable bonds is 7. The van der Waals surface area contributed by atoms with Crippen molar-refractivity contribution in [3.8, 4) is 6.07 Å². The zero-order valence-electron chi connectivity index (χ0n) is 11.6. The number of benzene rings is 1. The largest absolute Gasteiger partial charge is 0.395 e. The molecular weight excluding hydrogens is 243 g/mol. The van der Waals surface area contributed by atoms with E-state index in [0.717, 1.165) is 18.4 Å². The van der Waals surface area contributed by atoms with Crippen LogP contribution in [-0.4, -0.2) is 29.2 Å². The lowest BCUT2D eigenvalue weighted by Crippen LogP contribution is -2.36. The van der Waals surface area contributed by atoms with Crippen LogP contribution in [0.3, 0.4) is 0 Å². The number of aliphatic hydroxyl groups excluding tert-OH is 1. The van der Waals surface area contributed by atoms with Gasteiger partial charge in [-0.05, 0) is 30.5 Å². The first-order chi connectivity index (χ1) is 9.15. The van der Waals surface area contributed by atoms with Gasteiger partial charge in [0, 0.05) is 19.1 Å². The molecule has 0 spiro atoms. The van der Waals surface area contributed by atoms with E-state index in [9.17, 15) is 4.39 Å². The Kier molecular flexibility index (Phi) is 6.48. The van der Waals surface area contributed by atoms with Crippen LogP contribution in [0.2, 0.25) is 0 Å². The Morgan fingerprint density at radius 2 is 2.05 bits per heavy atom. The Hall–Kier alpha value is -1.44. The summed E-state index contributed by atoms with van der Waals surface area (Å²) in [6, 6.07) is 6.69. The highest BCUT2D eigenvalue weighted by Gasteiger charge is 2.16. The van der Waals surface area contributed by atoms with Crippen molar-refractivity contribution in [1.82, 2.24) is 4.90 Å². The summed E-state index contributed by atoms with van der Waals surface area (Å²) < 4.78 is 13.1. The van der Waals surface area contributed by atoms with Gasteiger partial charge in [-0.15, -0.1) is 0 Å². The van der Waals surface area contributed by atoms with Gasteiger partial charge in [0.05, 0.1) is 18.2 Å². The average Bonchev–Trinajstić information content (AvgIpc) is 2.42. The third-order valence-electron chi connectivity index (χ3n) is 3.41. The lowest BCUT2D eigenvalue weighted by Gasteiger charge is -2.30. The van der Waals surface area contributed by atoms with E-state index >= 15 is 0 Å². The SMILES string of the molecule is CCC(CC)N(CCO)Cc1ccc(F)cc1C#N. The van der Waals surface area contributed by atoms with Gasteiger partial charge in [-0.3, -0.25) is 4.90 Å². The molecule has 0 heterocycles. The predicted molar refractivity (Wildman–Crippen MR) is 73.0 cm³/mol. The molecule has 0 atom stereocenters. The summed E-state index contributed by atoms with van der Waals surface area (Å²) in [5.41, 5.74) is 1.18. The summed E-state index contributed by atoms with van der Waals surface area (Å²) in [5, 5.41) is 18.2. The van der Waals surface area contributed by atoms with Crippen molar-refractivity contribution < 1.29 is 9.50 Å². The van der Waals surface area contributed by atoms with E-state index in [1.807, 2.05) is 6.07 Å². The van der Waals surface area contributed by atoms with Crippen LogP contribution in [0.4, 0.5) is 4.39 Å². The Morgan fingerprint density at radius 3 is 2.58 bits per heavy atom. The molecule has 0 amide bonds. The summed E-state index contributed by atoms with van der Waals surface area (Å²) in [5.74, 6) is -0.392. The zero-order valence-corrected chi connectivity index (χ0v) is 11.6. The summed E-state index contributed by atoms with van der Waals surface area (Å²) in [6.45, 7) is 5.42. The van der Waals surface area contributed by atoms with Gasteiger partial charge >= 0.3 is 0 Å². The highest BCUT2D eigenvalue weighted by atomic mass is 19.1.